The second kappa shape index (κ2) is 9.87. The Hall–Kier alpha value is -3.15. The van der Waals surface area contributed by atoms with Crippen molar-refractivity contribution in [1.82, 2.24) is 15.8 Å². The number of rotatable bonds is 7. The molecule has 29 heavy (non-hydrogen) atoms. The molecule has 8 nitrogen and oxygen atoms in total. The van der Waals surface area contributed by atoms with E-state index in [1.807, 2.05) is 20.7 Å². The second-order valence-corrected chi connectivity index (χ2v) is 7.29. The number of nitrogens with one attached hydrogen (secondary N) is 2. The van der Waals surface area contributed by atoms with Crippen molar-refractivity contribution in [3.63, 3.8) is 0 Å². The lowest BCUT2D eigenvalue weighted by molar-refractivity contribution is -0.119. The van der Waals surface area contributed by atoms with Crippen LogP contribution in [0.25, 0.3) is 0 Å². The molecule has 0 fully saturated rings. The summed E-state index contributed by atoms with van der Waals surface area (Å²) in [5.41, 5.74) is 5.89. The third kappa shape index (κ3) is 5.44. The number of hydrazine groups is 1. The zero-order chi connectivity index (χ0) is 21.6. The number of benzene rings is 1. The first-order valence-corrected chi connectivity index (χ1v) is 9.72. The molecule has 1 aromatic carbocycles. The predicted octanol–water partition coefficient (Wildman–Crippen LogP) is 2.07. The molecule has 2 rings (SSSR count). The number of nitrogens with zero attached hydrogens (tertiary/aromatic N) is 3. The highest BCUT2D eigenvalue weighted by Gasteiger charge is 2.36. The van der Waals surface area contributed by atoms with E-state index in [2.05, 4.69) is 21.8 Å². The van der Waals surface area contributed by atoms with Gasteiger partial charge in [0.2, 0.25) is 5.91 Å². The maximum Gasteiger partial charge on any atom is 0.267 e. The minimum atomic E-state index is -0.389. The van der Waals surface area contributed by atoms with E-state index in [-0.39, 0.29) is 42.8 Å². The van der Waals surface area contributed by atoms with Gasteiger partial charge in [0.05, 0.1) is 17.7 Å². The number of amides is 3. The van der Waals surface area contributed by atoms with Gasteiger partial charge in [-0.3, -0.25) is 35.1 Å². The number of amidine groups is 1. The Morgan fingerprint density at radius 3 is 2.31 bits per heavy atom. The minimum absolute atomic E-state index is 0.0818. The van der Waals surface area contributed by atoms with Crippen LogP contribution in [0.3, 0.4) is 0 Å². The van der Waals surface area contributed by atoms with Crippen molar-refractivity contribution in [2.24, 2.45) is 4.99 Å². The number of aliphatic imine (C=N–C) groups is 1. The van der Waals surface area contributed by atoms with Crippen LogP contribution in [0, 0.1) is 11.2 Å². The monoisotopic (exact) mass is 395 g/mol. The van der Waals surface area contributed by atoms with Crippen LogP contribution in [0.1, 0.15) is 54.3 Å². The van der Waals surface area contributed by atoms with Crippen molar-refractivity contribution >= 4 is 30.3 Å². The maximum absolute atomic E-state index is 12.6. The summed E-state index contributed by atoms with van der Waals surface area (Å²) in [5.74, 6) is 1.66. The van der Waals surface area contributed by atoms with Crippen LogP contribution in [0.15, 0.2) is 29.3 Å². The van der Waals surface area contributed by atoms with E-state index in [0.29, 0.717) is 23.4 Å². The fourth-order valence-electron chi connectivity index (χ4n) is 3.39. The van der Waals surface area contributed by atoms with E-state index in [0.717, 1.165) is 11.3 Å². The average Bonchev–Trinajstić information content (AvgIpc) is 2.94. The van der Waals surface area contributed by atoms with Crippen LogP contribution in [-0.4, -0.2) is 47.8 Å². The first kappa shape index (κ1) is 22.1. The van der Waals surface area contributed by atoms with Gasteiger partial charge >= 0.3 is 0 Å². The van der Waals surface area contributed by atoms with Gasteiger partial charge < -0.3 is 0 Å². The number of imide groups is 1. The molecule has 1 aliphatic rings. The highest BCUT2D eigenvalue weighted by Crippen LogP contribution is 2.24. The zero-order valence-corrected chi connectivity index (χ0v) is 17.2. The molecule has 2 N–H and O–H groups in total. The van der Waals surface area contributed by atoms with Crippen molar-refractivity contribution < 1.29 is 14.4 Å². The highest BCUT2D eigenvalue weighted by atomic mass is 16.2. The summed E-state index contributed by atoms with van der Waals surface area (Å²) in [4.78, 5) is 42.2. The largest absolute Gasteiger partial charge is 0.284 e. The third-order valence-electron chi connectivity index (χ3n) is 5.02. The van der Waals surface area contributed by atoms with Crippen LogP contribution < -0.4 is 10.9 Å². The quantitative estimate of drug-likeness (QED) is 0.241. The van der Waals surface area contributed by atoms with E-state index >= 15 is 0 Å². The Morgan fingerprint density at radius 1 is 1.24 bits per heavy atom. The van der Waals surface area contributed by atoms with Gasteiger partial charge in [0, 0.05) is 18.9 Å². The summed E-state index contributed by atoms with van der Waals surface area (Å²) in [6.07, 6.45) is 1.53. The Kier molecular flexibility index (Phi) is 7.54. The second-order valence-electron chi connectivity index (χ2n) is 7.29. The lowest BCUT2D eigenvalue weighted by atomic mass is 9.42. The number of carbonyl (C=O) groups is 3. The smallest absolute Gasteiger partial charge is 0.267 e. The fraction of sp³-hybridized carbons (Fsp3) is 0.450. The molecule has 0 bridgehead atoms. The van der Waals surface area contributed by atoms with Gasteiger partial charge in [0.1, 0.15) is 5.84 Å². The summed E-state index contributed by atoms with van der Waals surface area (Å²) in [6, 6.07) is 6.49. The molecule has 3 amide bonds. The summed E-state index contributed by atoms with van der Waals surface area (Å²) in [5, 5.41) is 9.18. The minimum Gasteiger partial charge on any atom is -0.284 e. The van der Waals surface area contributed by atoms with E-state index in [1.54, 1.807) is 24.3 Å². The van der Waals surface area contributed by atoms with Crippen molar-refractivity contribution in [3.8, 4) is 5.97 Å². The zero-order valence-electron chi connectivity index (χ0n) is 17.2. The number of hydrogen-bond acceptors (Lipinski definition) is 5. The Labute approximate surface area is 171 Å². The third-order valence-corrected chi connectivity index (χ3v) is 5.02. The number of hydrogen-bond donors (Lipinski definition) is 2. The first-order chi connectivity index (χ1) is 13.8. The summed E-state index contributed by atoms with van der Waals surface area (Å²) >= 11 is 0. The van der Waals surface area contributed by atoms with Crippen LogP contribution >= 0.6 is 0 Å². The number of carbonyl (C=O) groups excluding carboxylic acids is 3. The molecule has 9 heteroatoms. The molecule has 1 aliphatic heterocycles. The molecule has 2 unspecified atom stereocenters. The van der Waals surface area contributed by atoms with Crippen molar-refractivity contribution in [1.29, 1.82) is 5.26 Å². The summed E-state index contributed by atoms with van der Waals surface area (Å²) in [7, 11) is 0. The summed E-state index contributed by atoms with van der Waals surface area (Å²) < 4.78 is 0. The molecule has 1 heterocycles. The van der Waals surface area contributed by atoms with Crippen LogP contribution in [0.5, 0.6) is 0 Å². The van der Waals surface area contributed by atoms with Gasteiger partial charge in [-0.2, -0.15) is 0 Å². The molecular weight excluding hydrogens is 369 g/mol. The van der Waals surface area contributed by atoms with Gasteiger partial charge in [-0.05, 0) is 31.3 Å². The van der Waals surface area contributed by atoms with Crippen LogP contribution in [0.4, 0.5) is 0 Å². The fourth-order valence-corrected chi connectivity index (χ4v) is 3.39. The van der Waals surface area contributed by atoms with Crippen molar-refractivity contribution in [2.75, 3.05) is 6.54 Å². The van der Waals surface area contributed by atoms with Gasteiger partial charge in [0.15, 0.2) is 0 Å². The van der Waals surface area contributed by atoms with Crippen LogP contribution in [0.2, 0.25) is 12.6 Å². The van der Waals surface area contributed by atoms with Gasteiger partial charge in [0.25, 0.3) is 18.5 Å². The van der Waals surface area contributed by atoms with Crippen molar-refractivity contribution in [2.45, 2.75) is 52.3 Å². The normalized spacial score (nSPS) is 15.4. The Balaban J connectivity index is 2.19. The van der Waals surface area contributed by atoms with Gasteiger partial charge in [-0.15, -0.1) is 0 Å². The lowest BCUT2D eigenvalue weighted by Gasteiger charge is -2.21. The Morgan fingerprint density at radius 2 is 1.83 bits per heavy atom. The highest BCUT2D eigenvalue weighted by molar-refractivity contribution is 6.67. The molecule has 2 atom stereocenters. The maximum atomic E-state index is 12.6. The van der Waals surface area contributed by atoms with Crippen LogP contribution in [-0.2, 0) is 4.79 Å². The molecule has 0 aromatic heterocycles. The Bertz CT molecular complexity index is 829. The van der Waals surface area contributed by atoms with Crippen molar-refractivity contribution in [3.05, 3.63) is 35.4 Å². The molecule has 0 radical (unpaired) electrons. The molecular formula is C20H26BN5O3. The van der Waals surface area contributed by atoms with Gasteiger partial charge in [-0.25, -0.2) is 5.26 Å². The van der Waals surface area contributed by atoms with E-state index in [9.17, 15) is 19.6 Å². The average molecular weight is 395 g/mol. The molecule has 1 aromatic rings. The predicted molar refractivity (Wildman–Crippen MR) is 112 cm³/mol. The molecule has 0 saturated heterocycles. The van der Waals surface area contributed by atoms with Gasteiger partial charge in [-0.1, -0.05) is 32.3 Å². The molecule has 0 saturated carbocycles. The topological polar surface area (TPSA) is 115 Å². The van der Waals surface area contributed by atoms with E-state index in [4.69, 9.17) is 0 Å². The van der Waals surface area contributed by atoms with E-state index < -0.39 is 0 Å². The standard InChI is InChI=1S/C20H26BN5O3/c1-5-15(21(4)12-22)10-13(2)23-18(25-24-14(3)27)11-26-19(28)16-8-6-7-9-17(16)20(26)29/h6-9,13,15H,5,10-11H2,1-4H3,(H,23,25)(H,24,27). The first-order valence-electron chi connectivity index (χ1n) is 9.72. The SMILES string of the molecule is CCC(CC(C)N=C(CN1C(=O)c2ccccc2C1=O)NNC(C)=O)B(C)C#N. The molecule has 0 aliphatic carbocycles. The lowest BCUT2D eigenvalue weighted by Crippen LogP contribution is -2.47. The van der Waals surface area contributed by atoms with E-state index in [1.165, 1.54) is 6.92 Å². The number of fused-ring (bicyclic) bond motifs is 1. The molecule has 152 valence electrons. The number of nitriles is 1. The molecule has 0 spiro atoms. The summed E-state index contributed by atoms with van der Waals surface area (Å²) in [6.45, 7) is 6.99.